The fourth-order valence-electron chi connectivity index (χ4n) is 4.81. The van der Waals surface area contributed by atoms with Crippen LogP contribution in [0.2, 0.25) is 0 Å². The number of halogens is 3. The van der Waals surface area contributed by atoms with Crippen LogP contribution in [0.1, 0.15) is 40.2 Å². The summed E-state index contributed by atoms with van der Waals surface area (Å²) < 4.78 is 70.3. The number of amides is 1. The van der Waals surface area contributed by atoms with Crippen LogP contribution in [0.15, 0.2) is 71.1 Å². The summed E-state index contributed by atoms with van der Waals surface area (Å²) in [5, 5.41) is 10.8. The fraction of sp³-hybridized carbons (Fsp3) is 0.300. The number of carbonyl (C=O) groups is 1. The van der Waals surface area contributed by atoms with Gasteiger partial charge in [0.05, 0.1) is 0 Å². The molecule has 0 saturated carbocycles. The van der Waals surface area contributed by atoms with Crippen LogP contribution in [0.4, 0.5) is 13.2 Å². The summed E-state index contributed by atoms with van der Waals surface area (Å²) in [4.78, 5) is 14.8. The average Bonchev–Trinajstić information content (AvgIpc) is 3.42. The minimum absolute atomic E-state index is 0.165. The van der Waals surface area contributed by atoms with E-state index in [-0.39, 0.29) is 11.7 Å². The van der Waals surface area contributed by atoms with Gasteiger partial charge in [0.15, 0.2) is 0 Å². The second-order valence-corrected chi connectivity index (χ2v) is 11.7. The Kier molecular flexibility index (Phi) is 8.83. The Balaban J connectivity index is 1.05. The van der Waals surface area contributed by atoms with Gasteiger partial charge in [-0.1, -0.05) is 30.3 Å². The van der Waals surface area contributed by atoms with Gasteiger partial charge in [-0.05, 0) is 84.5 Å². The van der Waals surface area contributed by atoms with Crippen molar-refractivity contribution in [3.8, 4) is 28.3 Å². The van der Waals surface area contributed by atoms with Crippen molar-refractivity contribution in [1.29, 1.82) is 0 Å². The van der Waals surface area contributed by atoms with E-state index in [2.05, 4.69) is 24.6 Å². The average molecular weight is 615 g/mol. The molecule has 2 heterocycles. The highest BCUT2D eigenvalue weighted by atomic mass is 32.2. The van der Waals surface area contributed by atoms with Crippen molar-refractivity contribution >= 4 is 16.0 Å². The zero-order valence-corrected chi connectivity index (χ0v) is 24.0. The molecule has 0 atom stereocenters. The van der Waals surface area contributed by atoms with Crippen molar-refractivity contribution in [3.05, 3.63) is 89.3 Å². The van der Waals surface area contributed by atoms with Gasteiger partial charge in [-0.25, -0.2) is 0 Å². The molecule has 1 amide bonds. The van der Waals surface area contributed by atoms with E-state index in [1.165, 1.54) is 12.1 Å². The lowest BCUT2D eigenvalue weighted by molar-refractivity contribution is -0.0500. The number of alkyl halides is 3. The maximum absolute atomic E-state index is 12.7. The molecule has 0 fully saturated rings. The predicted octanol–water partition coefficient (Wildman–Crippen LogP) is 5.51. The number of unbranched alkanes of at least 4 members (excludes halogenated alkanes) is 1. The maximum Gasteiger partial charge on any atom is 0.534 e. The Morgan fingerprint density at radius 2 is 1.63 bits per heavy atom. The molecule has 1 aliphatic heterocycles. The van der Waals surface area contributed by atoms with Crippen LogP contribution in [-0.4, -0.2) is 54.6 Å². The van der Waals surface area contributed by atoms with E-state index in [1.807, 2.05) is 36.4 Å². The topological polar surface area (TPSA) is 115 Å². The molecule has 13 heteroatoms. The predicted molar refractivity (Wildman–Crippen MR) is 152 cm³/mol. The summed E-state index contributed by atoms with van der Waals surface area (Å²) in [6.45, 7) is 4.19. The van der Waals surface area contributed by atoms with Crippen LogP contribution < -0.4 is 9.50 Å². The molecule has 0 radical (unpaired) electrons. The standard InChI is InChI=1S/C30H29F3N4O5S/c1-20-35-36-29(41-20)25-10-6-22(7-11-25)21-4-8-24(9-5-21)28(38)34-15-2-3-16-37-17-14-23-12-13-27(18-26(23)19-37)42-43(39,40)30(31,32)33/h4-13,18H,2-3,14-17,19H2,1H3,(H,34,38). The molecular formula is C30H29F3N4O5S. The first-order valence-corrected chi connectivity index (χ1v) is 15.0. The highest BCUT2D eigenvalue weighted by Gasteiger charge is 2.48. The van der Waals surface area contributed by atoms with E-state index in [1.54, 1.807) is 25.1 Å². The number of aryl methyl sites for hydroxylation is 1. The van der Waals surface area contributed by atoms with Crippen molar-refractivity contribution in [2.24, 2.45) is 0 Å². The quantitative estimate of drug-likeness (QED) is 0.141. The lowest BCUT2D eigenvalue weighted by atomic mass is 9.99. The van der Waals surface area contributed by atoms with Crippen LogP contribution in [0.5, 0.6) is 5.75 Å². The van der Waals surface area contributed by atoms with Gasteiger partial charge in [-0.3, -0.25) is 9.69 Å². The van der Waals surface area contributed by atoms with E-state index >= 15 is 0 Å². The number of aromatic nitrogens is 2. The summed E-state index contributed by atoms with van der Waals surface area (Å²) in [5.41, 5.74) is -0.474. The van der Waals surface area contributed by atoms with E-state index in [0.717, 1.165) is 53.7 Å². The number of fused-ring (bicyclic) bond motifs is 1. The molecule has 226 valence electrons. The number of carbonyl (C=O) groups excluding carboxylic acids is 1. The fourth-order valence-corrected chi connectivity index (χ4v) is 5.26. The highest BCUT2D eigenvalue weighted by molar-refractivity contribution is 7.88. The summed E-state index contributed by atoms with van der Waals surface area (Å²) in [6.07, 6.45) is 2.23. The number of hydrogen-bond donors (Lipinski definition) is 1. The molecule has 0 saturated heterocycles. The van der Waals surface area contributed by atoms with Crippen molar-refractivity contribution in [2.45, 2.75) is 38.2 Å². The summed E-state index contributed by atoms with van der Waals surface area (Å²) in [6, 6.07) is 19.3. The molecule has 0 spiro atoms. The Hall–Kier alpha value is -4.23. The van der Waals surface area contributed by atoms with Gasteiger partial charge < -0.3 is 13.9 Å². The van der Waals surface area contributed by atoms with Crippen molar-refractivity contribution in [1.82, 2.24) is 20.4 Å². The van der Waals surface area contributed by atoms with Crippen LogP contribution in [0, 0.1) is 6.92 Å². The van der Waals surface area contributed by atoms with Crippen molar-refractivity contribution in [3.63, 3.8) is 0 Å². The van der Waals surface area contributed by atoms with Crippen molar-refractivity contribution < 1.29 is 35.0 Å². The van der Waals surface area contributed by atoms with Gasteiger partial charge >= 0.3 is 15.6 Å². The van der Waals surface area contributed by atoms with Gasteiger partial charge in [0, 0.05) is 37.7 Å². The normalized spacial score (nSPS) is 13.9. The number of benzene rings is 3. The third-order valence-corrected chi connectivity index (χ3v) is 8.06. The van der Waals surface area contributed by atoms with Crippen LogP contribution in [0.25, 0.3) is 22.6 Å². The third kappa shape index (κ3) is 7.41. The van der Waals surface area contributed by atoms with Gasteiger partial charge in [0.2, 0.25) is 11.8 Å². The number of nitrogens with zero attached hydrogens (tertiary/aromatic N) is 3. The molecule has 4 aromatic rings. The molecule has 0 unspecified atom stereocenters. The lowest BCUT2D eigenvalue weighted by Gasteiger charge is -2.29. The zero-order chi connectivity index (χ0) is 30.6. The summed E-state index contributed by atoms with van der Waals surface area (Å²) >= 11 is 0. The minimum atomic E-state index is -5.72. The van der Waals surface area contributed by atoms with Crippen LogP contribution >= 0.6 is 0 Å². The molecule has 1 aromatic heterocycles. The smallest absolute Gasteiger partial charge is 0.421 e. The molecule has 1 aliphatic rings. The number of hydrogen-bond acceptors (Lipinski definition) is 8. The Morgan fingerprint density at radius 1 is 0.953 bits per heavy atom. The Morgan fingerprint density at radius 3 is 2.28 bits per heavy atom. The maximum atomic E-state index is 12.7. The molecule has 43 heavy (non-hydrogen) atoms. The highest BCUT2D eigenvalue weighted by Crippen LogP contribution is 2.30. The molecule has 3 aromatic carbocycles. The second-order valence-electron chi connectivity index (χ2n) is 10.2. The summed E-state index contributed by atoms with van der Waals surface area (Å²) in [7, 11) is -5.72. The van der Waals surface area contributed by atoms with E-state index in [0.29, 0.717) is 36.9 Å². The van der Waals surface area contributed by atoms with Gasteiger partial charge in [0.1, 0.15) is 5.75 Å². The Labute approximate surface area is 246 Å². The monoisotopic (exact) mass is 614 g/mol. The van der Waals surface area contributed by atoms with Gasteiger partial charge in [0.25, 0.3) is 5.91 Å². The minimum Gasteiger partial charge on any atom is -0.421 e. The van der Waals surface area contributed by atoms with Gasteiger partial charge in [-0.2, -0.15) is 21.6 Å². The SMILES string of the molecule is Cc1nnc(-c2ccc(-c3ccc(C(=O)NCCCCN4CCc5ccc(OS(=O)(=O)C(F)(F)F)cc5C4)cc3)cc2)o1. The third-order valence-electron chi connectivity index (χ3n) is 7.08. The van der Waals surface area contributed by atoms with E-state index in [4.69, 9.17) is 4.42 Å². The zero-order valence-electron chi connectivity index (χ0n) is 23.2. The van der Waals surface area contributed by atoms with Crippen LogP contribution in [0.3, 0.4) is 0 Å². The number of rotatable bonds is 10. The first-order chi connectivity index (χ1) is 20.5. The van der Waals surface area contributed by atoms with Crippen LogP contribution in [-0.2, 0) is 23.1 Å². The second kappa shape index (κ2) is 12.6. The molecule has 5 rings (SSSR count). The first kappa shape index (κ1) is 30.2. The molecule has 1 N–H and O–H groups in total. The van der Waals surface area contributed by atoms with Gasteiger partial charge in [-0.15, -0.1) is 10.2 Å². The largest absolute Gasteiger partial charge is 0.534 e. The first-order valence-electron chi connectivity index (χ1n) is 13.6. The van der Waals surface area contributed by atoms with E-state index < -0.39 is 15.6 Å². The van der Waals surface area contributed by atoms with E-state index in [9.17, 15) is 26.4 Å². The lowest BCUT2D eigenvalue weighted by Crippen LogP contribution is -2.32. The van der Waals surface area contributed by atoms with Crippen molar-refractivity contribution in [2.75, 3.05) is 19.6 Å². The molecule has 0 bridgehead atoms. The molecule has 9 nitrogen and oxygen atoms in total. The Bertz CT molecular complexity index is 1690. The molecule has 0 aliphatic carbocycles. The molecular weight excluding hydrogens is 585 g/mol. The number of nitrogens with one attached hydrogen (secondary N) is 1. The summed E-state index contributed by atoms with van der Waals surface area (Å²) in [5.74, 6) is 0.439.